The summed E-state index contributed by atoms with van der Waals surface area (Å²) in [5, 5.41) is 9.00. The number of fused-ring (bicyclic) bond motifs is 1. The lowest BCUT2D eigenvalue weighted by atomic mass is 10.4. The largest absolute Gasteiger partial charge is 0.306 e. The number of imidazole rings is 1. The summed E-state index contributed by atoms with van der Waals surface area (Å²) >= 11 is 7.51. The second kappa shape index (κ2) is 5.10. The topological polar surface area (TPSA) is 64.2 Å². The zero-order valence-corrected chi connectivity index (χ0v) is 12.0. The molecule has 1 N–H and O–H groups in total. The number of carbonyl (C=O) groups is 1. The highest BCUT2D eigenvalue weighted by Crippen LogP contribution is 2.22. The van der Waals surface area contributed by atoms with E-state index in [-0.39, 0.29) is 5.91 Å². The third kappa shape index (κ3) is 2.45. The molecule has 3 aromatic rings. The van der Waals surface area contributed by atoms with Gasteiger partial charge < -0.3 is 5.32 Å². The van der Waals surface area contributed by atoms with Crippen LogP contribution in [-0.4, -0.2) is 25.1 Å². The minimum absolute atomic E-state index is 0.273. The molecule has 0 aliphatic carbocycles. The van der Waals surface area contributed by atoms with Crippen LogP contribution in [-0.2, 0) is 11.8 Å². The third-order valence-electron chi connectivity index (χ3n) is 2.61. The molecule has 3 heterocycles. The Morgan fingerprint density at radius 2 is 2.35 bits per heavy atom. The Balaban J connectivity index is 1.78. The van der Waals surface area contributed by atoms with E-state index in [9.17, 15) is 4.79 Å². The number of hydrogen-bond acceptors (Lipinski definition) is 4. The van der Waals surface area contributed by atoms with E-state index in [1.165, 1.54) is 17.4 Å². The van der Waals surface area contributed by atoms with E-state index in [0.29, 0.717) is 16.7 Å². The molecule has 0 atom stereocenters. The van der Waals surface area contributed by atoms with Gasteiger partial charge in [-0.1, -0.05) is 11.6 Å². The number of thiazole rings is 1. The average molecular weight is 308 g/mol. The Bertz CT molecular complexity index is 800. The lowest BCUT2D eigenvalue weighted by Crippen LogP contribution is -2.08. The zero-order valence-electron chi connectivity index (χ0n) is 10.4. The SMILES string of the molecule is Cn1ccc(NC(=O)/C=C/c2c(Cl)nc3sccn23)n1. The van der Waals surface area contributed by atoms with Gasteiger partial charge in [0.25, 0.3) is 0 Å². The number of aromatic nitrogens is 4. The van der Waals surface area contributed by atoms with E-state index in [1.54, 1.807) is 30.1 Å². The van der Waals surface area contributed by atoms with E-state index in [4.69, 9.17) is 11.6 Å². The first-order chi connectivity index (χ1) is 9.63. The second-order valence-corrected chi connectivity index (χ2v) is 5.27. The average Bonchev–Trinajstić information content (AvgIpc) is 3.05. The fourth-order valence-corrected chi connectivity index (χ4v) is 2.74. The van der Waals surface area contributed by atoms with Gasteiger partial charge in [-0.15, -0.1) is 11.3 Å². The van der Waals surface area contributed by atoms with Crippen LogP contribution in [0.5, 0.6) is 0 Å². The minimum Gasteiger partial charge on any atom is -0.306 e. The first-order valence-corrected chi connectivity index (χ1v) is 6.99. The summed E-state index contributed by atoms with van der Waals surface area (Å²) in [7, 11) is 1.78. The third-order valence-corrected chi connectivity index (χ3v) is 3.65. The number of hydrogen-bond donors (Lipinski definition) is 1. The molecule has 102 valence electrons. The van der Waals surface area contributed by atoms with Crippen molar-refractivity contribution in [1.29, 1.82) is 0 Å². The van der Waals surface area contributed by atoms with Gasteiger partial charge >= 0.3 is 0 Å². The molecule has 0 aliphatic heterocycles. The van der Waals surface area contributed by atoms with Crippen LogP contribution in [0.2, 0.25) is 5.15 Å². The molecule has 0 unspecified atom stereocenters. The predicted octanol–water partition coefficient (Wildman–Crippen LogP) is 2.43. The van der Waals surface area contributed by atoms with Crippen LogP contribution < -0.4 is 5.32 Å². The molecule has 3 aromatic heterocycles. The lowest BCUT2D eigenvalue weighted by Gasteiger charge is -1.96. The summed E-state index contributed by atoms with van der Waals surface area (Å²) in [5.74, 6) is 0.229. The first kappa shape index (κ1) is 12.9. The molecule has 8 heteroatoms. The van der Waals surface area contributed by atoms with Crippen LogP contribution in [0.25, 0.3) is 11.0 Å². The van der Waals surface area contributed by atoms with Crippen molar-refractivity contribution in [2.45, 2.75) is 0 Å². The number of nitrogens with zero attached hydrogens (tertiary/aromatic N) is 4. The Kier molecular flexibility index (Phi) is 3.29. The molecule has 0 saturated carbocycles. The van der Waals surface area contributed by atoms with Gasteiger partial charge in [0.2, 0.25) is 5.91 Å². The fourth-order valence-electron chi connectivity index (χ4n) is 1.73. The molecular weight excluding hydrogens is 298 g/mol. The number of rotatable bonds is 3. The predicted molar refractivity (Wildman–Crippen MR) is 79.0 cm³/mol. The monoisotopic (exact) mass is 307 g/mol. The normalized spacial score (nSPS) is 11.5. The van der Waals surface area contributed by atoms with Crippen LogP contribution in [0.4, 0.5) is 5.82 Å². The van der Waals surface area contributed by atoms with Gasteiger partial charge in [0, 0.05) is 37.0 Å². The van der Waals surface area contributed by atoms with E-state index < -0.39 is 0 Å². The van der Waals surface area contributed by atoms with Crippen molar-refractivity contribution in [1.82, 2.24) is 19.2 Å². The number of nitrogens with one attached hydrogen (secondary N) is 1. The Morgan fingerprint density at radius 1 is 1.50 bits per heavy atom. The summed E-state index contributed by atoms with van der Waals surface area (Å²) in [6.45, 7) is 0. The van der Waals surface area contributed by atoms with Gasteiger partial charge in [-0.3, -0.25) is 13.9 Å². The standard InChI is InChI=1S/C12H10ClN5OS/c1-17-5-4-9(16-17)14-10(19)3-2-8-11(13)15-12-18(8)6-7-20-12/h2-7H,1H3,(H,14,16,19)/b3-2+. The molecule has 0 saturated heterocycles. The van der Waals surface area contributed by atoms with Crippen molar-refractivity contribution < 1.29 is 4.79 Å². The molecule has 0 aliphatic rings. The first-order valence-electron chi connectivity index (χ1n) is 5.73. The number of halogens is 1. The molecule has 0 bridgehead atoms. The van der Waals surface area contributed by atoms with Crippen LogP contribution >= 0.6 is 22.9 Å². The number of anilines is 1. The summed E-state index contributed by atoms with van der Waals surface area (Å²) in [6.07, 6.45) is 6.65. The van der Waals surface area contributed by atoms with Gasteiger partial charge in [-0.05, 0) is 6.08 Å². The molecule has 1 amide bonds. The number of carbonyl (C=O) groups excluding carboxylic acids is 1. The van der Waals surface area contributed by atoms with Gasteiger partial charge in [0.1, 0.15) is 0 Å². The highest BCUT2D eigenvalue weighted by atomic mass is 35.5. The van der Waals surface area contributed by atoms with Gasteiger partial charge in [0.05, 0.1) is 5.69 Å². The van der Waals surface area contributed by atoms with Crippen LogP contribution in [0.15, 0.2) is 29.9 Å². The highest BCUT2D eigenvalue weighted by molar-refractivity contribution is 7.15. The van der Waals surface area contributed by atoms with Crippen molar-refractivity contribution in [3.63, 3.8) is 0 Å². The number of amides is 1. The fraction of sp³-hybridized carbons (Fsp3) is 0.0833. The molecule has 20 heavy (non-hydrogen) atoms. The quantitative estimate of drug-likeness (QED) is 0.756. The van der Waals surface area contributed by atoms with Gasteiger partial charge in [0.15, 0.2) is 15.9 Å². The highest BCUT2D eigenvalue weighted by Gasteiger charge is 2.09. The van der Waals surface area contributed by atoms with E-state index in [1.807, 2.05) is 16.0 Å². The summed E-state index contributed by atoms with van der Waals surface area (Å²) in [5.41, 5.74) is 0.680. The van der Waals surface area contributed by atoms with E-state index in [0.717, 1.165) is 4.96 Å². The van der Waals surface area contributed by atoms with Gasteiger partial charge in [-0.2, -0.15) is 5.10 Å². The zero-order chi connectivity index (χ0) is 14.1. The van der Waals surface area contributed by atoms with E-state index in [2.05, 4.69) is 15.4 Å². The number of aryl methyl sites for hydroxylation is 1. The van der Waals surface area contributed by atoms with Crippen molar-refractivity contribution in [3.8, 4) is 0 Å². The van der Waals surface area contributed by atoms with Crippen molar-refractivity contribution in [2.75, 3.05) is 5.32 Å². The lowest BCUT2D eigenvalue weighted by molar-refractivity contribution is -0.111. The van der Waals surface area contributed by atoms with Crippen molar-refractivity contribution >= 4 is 45.7 Å². The van der Waals surface area contributed by atoms with Crippen LogP contribution in [0, 0.1) is 0 Å². The Hall–Kier alpha value is -2.12. The van der Waals surface area contributed by atoms with Crippen LogP contribution in [0.3, 0.4) is 0 Å². The van der Waals surface area contributed by atoms with Crippen molar-refractivity contribution in [3.05, 3.63) is 40.8 Å². The maximum Gasteiger partial charge on any atom is 0.249 e. The Morgan fingerprint density at radius 3 is 3.10 bits per heavy atom. The molecule has 3 rings (SSSR count). The molecule has 0 radical (unpaired) electrons. The molecule has 0 aromatic carbocycles. The minimum atomic E-state index is -0.273. The molecular formula is C12H10ClN5OS. The summed E-state index contributed by atoms with van der Waals surface area (Å²) in [6, 6.07) is 1.72. The van der Waals surface area contributed by atoms with Crippen molar-refractivity contribution in [2.24, 2.45) is 7.05 Å². The van der Waals surface area contributed by atoms with Crippen LogP contribution in [0.1, 0.15) is 5.69 Å². The second-order valence-electron chi connectivity index (χ2n) is 4.04. The van der Waals surface area contributed by atoms with Gasteiger partial charge in [-0.25, -0.2) is 4.98 Å². The maximum atomic E-state index is 11.8. The summed E-state index contributed by atoms with van der Waals surface area (Å²) < 4.78 is 3.44. The molecule has 6 nitrogen and oxygen atoms in total. The molecule has 0 spiro atoms. The maximum absolute atomic E-state index is 11.8. The Labute approximate surface area is 123 Å². The summed E-state index contributed by atoms with van der Waals surface area (Å²) in [4.78, 5) is 16.8. The molecule has 0 fully saturated rings. The smallest absolute Gasteiger partial charge is 0.249 e. The van der Waals surface area contributed by atoms with E-state index >= 15 is 0 Å².